The molecular weight excluding hydrogens is 473 g/mol. The molecule has 0 spiro atoms. The van der Waals surface area contributed by atoms with Crippen LogP contribution < -0.4 is 10.1 Å². The molecular formula is C26H35F3N4O3. The molecule has 2 aromatic rings. The van der Waals surface area contributed by atoms with Crippen molar-refractivity contribution < 1.29 is 27.4 Å². The highest BCUT2D eigenvalue weighted by Gasteiger charge is 2.47. The molecule has 1 fully saturated rings. The minimum absolute atomic E-state index is 0.0471. The predicted molar refractivity (Wildman–Crippen MR) is 130 cm³/mol. The predicted octanol–water partition coefficient (Wildman–Crippen LogP) is 6.36. The number of aryl methyl sites for hydroxylation is 1. The Kier molecular flexibility index (Phi) is 6.92. The lowest BCUT2D eigenvalue weighted by molar-refractivity contribution is -0.173. The van der Waals surface area contributed by atoms with E-state index in [1.54, 1.807) is 30.2 Å². The molecule has 1 aromatic heterocycles. The fourth-order valence-corrected chi connectivity index (χ4v) is 5.16. The van der Waals surface area contributed by atoms with Crippen molar-refractivity contribution in [1.82, 2.24) is 14.7 Å². The van der Waals surface area contributed by atoms with Gasteiger partial charge >= 0.3 is 12.3 Å². The van der Waals surface area contributed by atoms with Crippen molar-refractivity contribution in [2.75, 3.05) is 19.0 Å². The Balaban J connectivity index is 1.56. The number of hydrogen-bond donors (Lipinski definition) is 1. The van der Waals surface area contributed by atoms with E-state index < -0.39 is 23.9 Å². The third-order valence-electron chi connectivity index (χ3n) is 6.95. The normalized spacial score (nSPS) is 24.6. The average Bonchev–Trinajstić information content (AvgIpc) is 3.20. The lowest BCUT2D eigenvalue weighted by Crippen LogP contribution is -2.46. The molecule has 7 nitrogen and oxygen atoms in total. The summed E-state index contributed by atoms with van der Waals surface area (Å²) in [6.07, 6.45) is -3.75. The van der Waals surface area contributed by atoms with E-state index in [4.69, 9.17) is 9.47 Å². The van der Waals surface area contributed by atoms with Crippen LogP contribution in [0.15, 0.2) is 24.3 Å². The van der Waals surface area contributed by atoms with E-state index in [2.05, 4.69) is 10.4 Å². The minimum Gasteiger partial charge on any atom is -0.496 e. The number of anilines is 1. The first-order chi connectivity index (χ1) is 16.8. The van der Waals surface area contributed by atoms with Crippen LogP contribution in [-0.2, 0) is 4.74 Å². The van der Waals surface area contributed by atoms with Crippen molar-refractivity contribution in [3.63, 3.8) is 0 Å². The van der Waals surface area contributed by atoms with Gasteiger partial charge in [0.2, 0.25) is 0 Å². The number of halogens is 3. The van der Waals surface area contributed by atoms with Gasteiger partial charge in [-0.15, -0.1) is 0 Å². The number of piperidine rings is 1. The molecule has 4 rings (SSSR count). The number of benzene rings is 1. The Hall–Kier alpha value is -2.91. The van der Waals surface area contributed by atoms with E-state index in [0.717, 1.165) is 15.8 Å². The van der Waals surface area contributed by atoms with Crippen LogP contribution in [0.5, 0.6) is 5.75 Å². The molecule has 1 saturated heterocycles. The molecule has 1 aromatic carbocycles. The molecule has 198 valence electrons. The molecule has 1 N–H and O–H groups in total. The number of carbonyl (C=O) groups is 1. The average molecular weight is 509 g/mol. The maximum Gasteiger partial charge on any atom is 0.410 e. The zero-order valence-corrected chi connectivity index (χ0v) is 21.6. The Labute approximate surface area is 209 Å². The number of rotatable bonds is 3. The number of ether oxygens (including phenoxy) is 2. The highest BCUT2D eigenvalue weighted by atomic mass is 19.4. The molecule has 36 heavy (non-hydrogen) atoms. The molecule has 0 saturated carbocycles. The quantitative estimate of drug-likeness (QED) is 0.522. The Morgan fingerprint density at radius 1 is 1.17 bits per heavy atom. The van der Waals surface area contributed by atoms with Crippen LogP contribution in [0.2, 0.25) is 0 Å². The maximum absolute atomic E-state index is 14.1. The molecule has 3 heterocycles. The molecule has 4 atom stereocenters. The van der Waals surface area contributed by atoms with Crippen molar-refractivity contribution in [2.45, 2.75) is 89.7 Å². The van der Waals surface area contributed by atoms with Gasteiger partial charge in [-0.1, -0.05) is 12.1 Å². The van der Waals surface area contributed by atoms with Crippen LogP contribution >= 0.6 is 0 Å². The number of fused-ring (bicyclic) bond motifs is 1. The second kappa shape index (κ2) is 9.52. The molecule has 10 heteroatoms. The molecule has 2 aliphatic rings. The zero-order valence-electron chi connectivity index (χ0n) is 21.6. The van der Waals surface area contributed by atoms with Gasteiger partial charge in [-0.2, -0.15) is 18.3 Å². The van der Waals surface area contributed by atoms with Crippen LogP contribution in [0.25, 0.3) is 0 Å². The molecule has 0 bridgehead atoms. The topological polar surface area (TPSA) is 68.6 Å². The highest BCUT2D eigenvalue weighted by Crippen LogP contribution is 2.45. The number of nitrogens with one attached hydrogen (secondary N) is 1. The zero-order chi connectivity index (χ0) is 26.4. The van der Waals surface area contributed by atoms with E-state index in [-0.39, 0.29) is 24.5 Å². The van der Waals surface area contributed by atoms with Gasteiger partial charge in [0.25, 0.3) is 0 Å². The first-order valence-electron chi connectivity index (χ1n) is 12.3. The van der Waals surface area contributed by atoms with E-state index >= 15 is 0 Å². The van der Waals surface area contributed by atoms with Crippen molar-refractivity contribution >= 4 is 11.9 Å². The standard InChI is InChI=1S/C26H35F3N4O3/c1-15-11-17(7-8-21(15)35-6)19-13-22(26(27,28)29)33-23(30-19)14-20(31-33)18-9-10-32(16(2)12-18)24(34)36-25(3,4)5/h7-8,11,14,16,18-19,22,30H,9-10,12-13H2,1-6H3. The van der Waals surface area contributed by atoms with E-state index in [1.807, 2.05) is 40.7 Å². The Morgan fingerprint density at radius 3 is 2.47 bits per heavy atom. The lowest BCUT2D eigenvalue weighted by Gasteiger charge is -2.37. The van der Waals surface area contributed by atoms with E-state index in [0.29, 0.717) is 36.6 Å². The summed E-state index contributed by atoms with van der Waals surface area (Å²) < 4.78 is 54.3. The Morgan fingerprint density at radius 2 is 1.89 bits per heavy atom. The fraction of sp³-hybridized carbons (Fsp3) is 0.615. The smallest absolute Gasteiger partial charge is 0.410 e. The number of aromatic nitrogens is 2. The summed E-state index contributed by atoms with van der Waals surface area (Å²) in [6, 6.07) is 4.84. The Bertz CT molecular complexity index is 1110. The first-order valence-corrected chi connectivity index (χ1v) is 12.3. The summed E-state index contributed by atoms with van der Waals surface area (Å²) in [6.45, 7) is 9.74. The van der Waals surface area contributed by atoms with Gasteiger partial charge in [0, 0.05) is 31.0 Å². The highest BCUT2D eigenvalue weighted by molar-refractivity contribution is 5.68. The first kappa shape index (κ1) is 26.2. The summed E-state index contributed by atoms with van der Waals surface area (Å²) in [7, 11) is 1.57. The molecule has 2 aliphatic heterocycles. The monoisotopic (exact) mass is 508 g/mol. The van der Waals surface area contributed by atoms with Crippen LogP contribution in [-0.4, -0.2) is 52.2 Å². The van der Waals surface area contributed by atoms with Crippen LogP contribution in [0.1, 0.15) is 81.8 Å². The SMILES string of the molecule is COc1ccc(C2CC(C(F)(F)F)n3nc(C4CCN(C(=O)OC(C)(C)C)C(C)C4)cc3N2)cc1C. The number of alkyl halides is 3. The number of nitrogens with zero attached hydrogens (tertiary/aromatic N) is 3. The number of carbonyl (C=O) groups excluding carboxylic acids is 1. The number of likely N-dealkylation sites (tertiary alicyclic amines) is 1. The third kappa shape index (κ3) is 5.42. The fourth-order valence-electron chi connectivity index (χ4n) is 5.16. The molecule has 0 aliphatic carbocycles. The van der Waals surface area contributed by atoms with E-state index in [1.165, 1.54) is 0 Å². The van der Waals surface area contributed by atoms with Gasteiger partial charge in [-0.25, -0.2) is 9.48 Å². The minimum atomic E-state index is -4.44. The van der Waals surface area contributed by atoms with Crippen LogP contribution in [0.4, 0.5) is 23.8 Å². The third-order valence-corrected chi connectivity index (χ3v) is 6.95. The summed E-state index contributed by atoms with van der Waals surface area (Å²) in [5.41, 5.74) is 1.67. The van der Waals surface area contributed by atoms with Crippen molar-refractivity contribution in [2.24, 2.45) is 0 Å². The van der Waals surface area contributed by atoms with Crippen molar-refractivity contribution in [1.29, 1.82) is 0 Å². The summed E-state index contributed by atoms with van der Waals surface area (Å²) in [4.78, 5) is 14.2. The van der Waals surface area contributed by atoms with Crippen molar-refractivity contribution in [3.05, 3.63) is 41.1 Å². The summed E-state index contributed by atoms with van der Waals surface area (Å²) in [5.74, 6) is 1.01. The van der Waals surface area contributed by atoms with Gasteiger partial charge in [-0.3, -0.25) is 0 Å². The van der Waals surface area contributed by atoms with Crippen molar-refractivity contribution in [3.8, 4) is 5.75 Å². The maximum atomic E-state index is 14.1. The summed E-state index contributed by atoms with van der Waals surface area (Å²) >= 11 is 0. The lowest BCUT2D eigenvalue weighted by atomic mass is 9.89. The molecule has 0 radical (unpaired) electrons. The number of methoxy groups -OCH3 is 1. The van der Waals surface area contributed by atoms with Crippen LogP contribution in [0.3, 0.4) is 0 Å². The van der Waals surface area contributed by atoms with Gasteiger partial charge in [0.15, 0.2) is 6.04 Å². The molecule has 4 unspecified atom stereocenters. The largest absolute Gasteiger partial charge is 0.496 e. The number of amides is 1. The van der Waals surface area contributed by atoms with Gasteiger partial charge in [-0.05, 0) is 64.7 Å². The van der Waals surface area contributed by atoms with E-state index in [9.17, 15) is 18.0 Å². The van der Waals surface area contributed by atoms with Gasteiger partial charge < -0.3 is 19.7 Å². The second-order valence-corrected chi connectivity index (χ2v) is 10.9. The summed E-state index contributed by atoms with van der Waals surface area (Å²) in [5, 5.41) is 7.72. The second-order valence-electron chi connectivity index (χ2n) is 10.9. The van der Waals surface area contributed by atoms with Gasteiger partial charge in [0.05, 0.1) is 18.8 Å². The molecule has 1 amide bonds. The van der Waals surface area contributed by atoms with Crippen LogP contribution in [0, 0.1) is 6.92 Å². The number of hydrogen-bond acceptors (Lipinski definition) is 5. The van der Waals surface area contributed by atoms with Gasteiger partial charge in [0.1, 0.15) is 17.2 Å².